The zero-order chi connectivity index (χ0) is 15.7. The number of hydrogen-bond donors (Lipinski definition) is 1. The maximum atomic E-state index is 11.5. The second-order valence-electron chi connectivity index (χ2n) is 4.82. The molecule has 118 valence electrons. The summed E-state index contributed by atoms with van der Waals surface area (Å²) in [5.74, 6) is 1.19. The molecule has 0 saturated heterocycles. The number of carbonyl (C=O) groups excluding carboxylic acids is 1. The smallest absolute Gasteiger partial charge is 0.307 e. The highest BCUT2D eigenvalue weighted by molar-refractivity contribution is 5.70. The first-order chi connectivity index (χ1) is 10.1. The zero-order valence-corrected chi connectivity index (χ0v) is 13.3. The molecular weight excluding hydrogens is 270 g/mol. The van der Waals surface area contributed by atoms with Gasteiger partial charge in [-0.1, -0.05) is 13.0 Å². The molecule has 21 heavy (non-hydrogen) atoms. The molecule has 0 spiro atoms. The monoisotopic (exact) mass is 295 g/mol. The maximum Gasteiger partial charge on any atom is 0.307 e. The first-order valence-corrected chi connectivity index (χ1v) is 7.15. The lowest BCUT2D eigenvalue weighted by molar-refractivity contribution is -0.141. The summed E-state index contributed by atoms with van der Waals surface area (Å²) >= 11 is 0. The number of esters is 1. The fourth-order valence-electron chi connectivity index (χ4n) is 2.14. The number of nitrogens with one attached hydrogen (secondary N) is 1. The van der Waals surface area contributed by atoms with Crippen molar-refractivity contribution in [3.8, 4) is 11.5 Å². The third-order valence-corrected chi connectivity index (χ3v) is 3.25. The van der Waals surface area contributed by atoms with E-state index in [9.17, 15) is 4.79 Å². The van der Waals surface area contributed by atoms with E-state index in [2.05, 4.69) is 12.2 Å². The van der Waals surface area contributed by atoms with Gasteiger partial charge in [0.05, 0.1) is 27.8 Å². The van der Waals surface area contributed by atoms with Crippen LogP contribution < -0.4 is 14.8 Å². The van der Waals surface area contributed by atoms with E-state index in [0.717, 1.165) is 24.9 Å². The standard InChI is InChI=1S/C16H25NO4/c1-5-8-17-13(11-16(18)21-4)9-12-6-7-14(19-2)15(10-12)20-3/h6-7,10,13,17H,5,8-9,11H2,1-4H3. The van der Waals surface area contributed by atoms with Crippen LogP contribution in [-0.4, -0.2) is 39.9 Å². The number of carbonyl (C=O) groups is 1. The molecule has 1 unspecified atom stereocenters. The van der Waals surface area contributed by atoms with Gasteiger partial charge in [0.1, 0.15) is 0 Å². The average Bonchev–Trinajstić information content (AvgIpc) is 2.52. The molecule has 0 heterocycles. The molecule has 5 nitrogen and oxygen atoms in total. The minimum atomic E-state index is -0.205. The number of rotatable bonds is 9. The van der Waals surface area contributed by atoms with Crippen LogP contribution in [0, 0.1) is 0 Å². The first-order valence-electron chi connectivity index (χ1n) is 7.15. The summed E-state index contributed by atoms with van der Waals surface area (Å²) in [7, 11) is 4.64. The Bertz CT molecular complexity index is 448. The molecular formula is C16H25NO4. The second kappa shape index (κ2) is 9.23. The van der Waals surface area contributed by atoms with Gasteiger partial charge in [0.15, 0.2) is 11.5 Å². The van der Waals surface area contributed by atoms with Crippen molar-refractivity contribution >= 4 is 5.97 Å². The Morgan fingerprint density at radius 2 is 1.90 bits per heavy atom. The summed E-state index contributed by atoms with van der Waals surface area (Å²) in [4.78, 5) is 11.5. The molecule has 0 aliphatic carbocycles. The highest BCUT2D eigenvalue weighted by atomic mass is 16.5. The van der Waals surface area contributed by atoms with Gasteiger partial charge in [-0.2, -0.15) is 0 Å². The van der Waals surface area contributed by atoms with E-state index in [1.165, 1.54) is 7.11 Å². The van der Waals surface area contributed by atoms with Crippen LogP contribution in [-0.2, 0) is 16.0 Å². The lowest BCUT2D eigenvalue weighted by atomic mass is 10.0. The molecule has 0 saturated carbocycles. The lowest BCUT2D eigenvalue weighted by Crippen LogP contribution is -2.34. The number of methoxy groups -OCH3 is 3. The summed E-state index contributed by atoms with van der Waals surface area (Å²) in [6.07, 6.45) is 2.10. The number of hydrogen-bond acceptors (Lipinski definition) is 5. The van der Waals surface area contributed by atoms with Crippen molar-refractivity contribution in [3.63, 3.8) is 0 Å². The minimum Gasteiger partial charge on any atom is -0.493 e. The molecule has 0 radical (unpaired) electrons. The Morgan fingerprint density at radius 3 is 2.48 bits per heavy atom. The maximum absolute atomic E-state index is 11.5. The first kappa shape index (κ1) is 17.3. The molecule has 1 aromatic carbocycles. The van der Waals surface area contributed by atoms with Crippen LogP contribution in [0.4, 0.5) is 0 Å². The summed E-state index contributed by atoms with van der Waals surface area (Å²) in [6, 6.07) is 5.86. The Hall–Kier alpha value is -1.75. The molecule has 5 heteroatoms. The molecule has 0 amide bonds. The quantitative estimate of drug-likeness (QED) is 0.708. The summed E-state index contributed by atoms with van der Waals surface area (Å²) in [5.41, 5.74) is 1.09. The molecule has 1 atom stereocenters. The summed E-state index contributed by atoms with van der Waals surface area (Å²) < 4.78 is 15.3. The highest BCUT2D eigenvalue weighted by Crippen LogP contribution is 2.28. The predicted molar refractivity (Wildman–Crippen MR) is 82.0 cm³/mol. The third-order valence-electron chi connectivity index (χ3n) is 3.25. The van der Waals surface area contributed by atoms with E-state index in [-0.39, 0.29) is 12.0 Å². The molecule has 1 aromatic rings. The number of benzene rings is 1. The molecule has 1 N–H and O–H groups in total. The molecule has 0 fully saturated rings. The van der Waals surface area contributed by atoms with Crippen molar-refractivity contribution in [2.45, 2.75) is 32.2 Å². The second-order valence-corrected chi connectivity index (χ2v) is 4.82. The van der Waals surface area contributed by atoms with E-state index >= 15 is 0 Å². The van der Waals surface area contributed by atoms with Gasteiger partial charge < -0.3 is 19.5 Å². The average molecular weight is 295 g/mol. The van der Waals surface area contributed by atoms with Crippen molar-refractivity contribution in [1.82, 2.24) is 5.32 Å². The summed E-state index contributed by atoms with van der Waals surface area (Å²) in [6.45, 7) is 2.97. The van der Waals surface area contributed by atoms with Gasteiger partial charge in [-0.25, -0.2) is 0 Å². The van der Waals surface area contributed by atoms with Gasteiger partial charge in [-0.05, 0) is 37.1 Å². The van der Waals surface area contributed by atoms with Crippen molar-refractivity contribution in [3.05, 3.63) is 23.8 Å². The zero-order valence-electron chi connectivity index (χ0n) is 13.3. The fourth-order valence-corrected chi connectivity index (χ4v) is 2.14. The van der Waals surface area contributed by atoms with Gasteiger partial charge >= 0.3 is 5.97 Å². The Morgan fingerprint density at radius 1 is 1.19 bits per heavy atom. The van der Waals surface area contributed by atoms with Crippen molar-refractivity contribution in [2.24, 2.45) is 0 Å². The van der Waals surface area contributed by atoms with Gasteiger partial charge in [0.25, 0.3) is 0 Å². The molecule has 0 aromatic heterocycles. The van der Waals surface area contributed by atoms with Crippen LogP contribution in [0.25, 0.3) is 0 Å². The highest BCUT2D eigenvalue weighted by Gasteiger charge is 2.15. The Kier molecular flexibility index (Phi) is 7.61. The van der Waals surface area contributed by atoms with Crippen molar-refractivity contribution < 1.29 is 19.0 Å². The van der Waals surface area contributed by atoms with E-state index < -0.39 is 0 Å². The van der Waals surface area contributed by atoms with Gasteiger partial charge in [0, 0.05) is 6.04 Å². The summed E-state index contributed by atoms with van der Waals surface area (Å²) in [5, 5.41) is 3.38. The Balaban J connectivity index is 2.79. The third kappa shape index (κ3) is 5.63. The van der Waals surface area contributed by atoms with Crippen molar-refractivity contribution in [2.75, 3.05) is 27.9 Å². The minimum absolute atomic E-state index is 0.0514. The van der Waals surface area contributed by atoms with Crippen molar-refractivity contribution in [1.29, 1.82) is 0 Å². The van der Waals surface area contributed by atoms with Crippen LogP contribution in [0.5, 0.6) is 11.5 Å². The van der Waals surface area contributed by atoms with Crippen LogP contribution in [0.15, 0.2) is 18.2 Å². The van der Waals surface area contributed by atoms with Gasteiger partial charge in [-0.3, -0.25) is 4.79 Å². The molecule has 0 aliphatic heterocycles. The van der Waals surface area contributed by atoms with Crippen LogP contribution in [0.2, 0.25) is 0 Å². The van der Waals surface area contributed by atoms with Crippen LogP contribution in [0.3, 0.4) is 0 Å². The van der Waals surface area contributed by atoms with E-state index in [1.807, 2.05) is 18.2 Å². The Labute approximate surface area is 126 Å². The van der Waals surface area contributed by atoms with Gasteiger partial charge in [-0.15, -0.1) is 0 Å². The lowest BCUT2D eigenvalue weighted by Gasteiger charge is -2.18. The molecule has 1 rings (SSSR count). The predicted octanol–water partition coefficient (Wildman–Crippen LogP) is 2.18. The molecule has 0 bridgehead atoms. The normalized spacial score (nSPS) is 11.8. The molecule has 0 aliphatic rings. The largest absolute Gasteiger partial charge is 0.493 e. The fraction of sp³-hybridized carbons (Fsp3) is 0.562. The van der Waals surface area contributed by atoms with E-state index in [4.69, 9.17) is 14.2 Å². The van der Waals surface area contributed by atoms with E-state index in [1.54, 1.807) is 14.2 Å². The number of ether oxygens (including phenoxy) is 3. The van der Waals surface area contributed by atoms with E-state index in [0.29, 0.717) is 17.9 Å². The topological polar surface area (TPSA) is 56.8 Å². The SMILES string of the molecule is CCCNC(CC(=O)OC)Cc1ccc(OC)c(OC)c1. The van der Waals surface area contributed by atoms with Gasteiger partial charge in [0.2, 0.25) is 0 Å². The van der Waals surface area contributed by atoms with Crippen LogP contribution >= 0.6 is 0 Å². The van der Waals surface area contributed by atoms with Crippen LogP contribution in [0.1, 0.15) is 25.3 Å².